The molecule has 2 aliphatic rings. The Morgan fingerprint density at radius 1 is 1.33 bits per heavy atom. The van der Waals surface area contributed by atoms with E-state index in [1.54, 1.807) is 0 Å². The van der Waals surface area contributed by atoms with Gasteiger partial charge < -0.3 is 0 Å². The SMILES string of the molecule is NN1C(=O)C2CC2C1=O. The van der Waals surface area contributed by atoms with E-state index in [0.717, 1.165) is 11.4 Å². The van der Waals surface area contributed by atoms with Crippen LogP contribution in [0, 0.1) is 11.8 Å². The van der Waals surface area contributed by atoms with Crippen LogP contribution < -0.4 is 5.84 Å². The number of carbonyl (C=O) groups is 2. The van der Waals surface area contributed by atoms with Crippen molar-refractivity contribution in [3.8, 4) is 0 Å². The fraction of sp³-hybridized carbons (Fsp3) is 0.600. The molecule has 2 rings (SSSR count). The van der Waals surface area contributed by atoms with Gasteiger partial charge in [-0.05, 0) is 6.42 Å². The van der Waals surface area contributed by atoms with Crippen LogP contribution >= 0.6 is 0 Å². The van der Waals surface area contributed by atoms with Crippen molar-refractivity contribution in [1.82, 2.24) is 5.01 Å². The summed E-state index contributed by atoms with van der Waals surface area (Å²) in [5.74, 6) is 4.56. The summed E-state index contributed by atoms with van der Waals surface area (Å²) in [5, 5.41) is 0.735. The number of piperidine rings is 1. The van der Waals surface area contributed by atoms with Crippen molar-refractivity contribution in [2.24, 2.45) is 17.7 Å². The van der Waals surface area contributed by atoms with Gasteiger partial charge in [0.05, 0.1) is 11.8 Å². The van der Waals surface area contributed by atoms with Gasteiger partial charge in [0, 0.05) is 0 Å². The number of hydrogen-bond donors (Lipinski definition) is 1. The number of hydrogen-bond acceptors (Lipinski definition) is 3. The lowest BCUT2D eigenvalue weighted by Crippen LogP contribution is -2.38. The molecule has 4 nitrogen and oxygen atoms in total. The Morgan fingerprint density at radius 3 is 2.00 bits per heavy atom. The largest absolute Gasteiger partial charge is 0.273 e. The molecule has 4 heteroatoms. The highest BCUT2D eigenvalue weighted by molar-refractivity contribution is 6.08. The summed E-state index contributed by atoms with van der Waals surface area (Å²) in [4.78, 5) is 21.5. The quantitative estimate of drug-likeness (QED) is 0.253. The number of fused-ring (bicyclic) bond motifs is 1. The summed E-state index contributed by atoms with van der Waals surface area (Å²) in [7, 11) is 0. The first-order chi connectivity index (χ1) is 4.22. The minimum atomic E-state index is -0.204. The average Bonchev–Trinajstić information content (AvgIpc) is 2.56. The summed E-state index contributed by atoms with van der Waals surface area (Å²) >= 11 is 0. The zero-order valence-corrected chi connectivity index (χ0v) is 4.70. The highest BCUT2D eigenvalue weighted by Crippen LogP contribution is 2.45. The van der Waals surface area contributed by atoms with E-state index in [1.807, 2.05) is 0 Å². The van der Waals surface area contributed by atoms with Crippen molar-refractivity contribution in [3.63, 3.8) is 0 Å². The third kappa shape index (κ3) is 0.415. The van der Waals surface area contributed by atoms with Gasteiger partial charge in [-0.1, -0.05) is 0 Å². The maximum Gasteiger partial charge on any atom is 0.247 e. The predicted molar refractivity (Wildman–Crippen MR) is 27.6 cm³/mol. The van der Waals surface area contributed by atoms with Crippen molar-refractivity contribution >= 4 is 11.8 Å². The summed E-state index contributed by atoms with van der Waals surface area (Å²) in [6.07, 6.45) is 0.728. The lowest BCUT2D eigenvalue weighted by atomic mass is 10.4. The molecule has 1 heterocycles. The minimum Gasteiger partial charge on any atom is -0.273 e. The summed E-state index contributed by atoms with van der Waals surface area (Å²) in [6, 6.07) is 0. The smallest absolute Gasteiger partial charge is 0.247 e. The lowest BCUT2D eigenvalue weighted by Gasteiger charge is -2.05. The van der Waals surface area contributed by atoms with Crippen molar-refractivity contribution < 1.29 is 9.59 Å². The molecule has 0 spiro atoms. The molecule has 1 saturated carbocycles. The molecule has 2 N–H and O–H groups in total. The molecule has 0 radical (unpaired) electrons. The van der Waals surface area contributed by atoms with Gasteiger partial charge in [0.2, 0.25) is 11.8 Å². The molecule has 1 aliphatic heterocycles. The molecule has 9 heavy (non-hydrogen) atoms. The molecule has 48 valence electrons. The Kier molecular flexibility index (Phi) is 0.635. The molecular formula is C5H6N2O2. The van der Waals surface area contributed by atoms with Gasteiger partial charge in [-0.25, -0.2) is 10.9 Å². The summed E-state index contributed by atoms with van der Waals surface area (Å²) in [5.41, 5.74) is 0. The first-order valence-corrected chi connectivity index (χ1v) is 2.84. The van der Waals surface area contributed by atoms with Crippen molar-refractivity contribution in [3.05, 3.63) is 0 Å². The molecule has 0 aromatic heterocycles. The first-order valence-electron chi connectivity index (χ1n) is 2.84. The van der Waals surface area contributed by atoms with Crippen LogP contribution in [0.15, 0.2) is 0 Å². The van der Waals surface area contributed by atoms with Gasteiger partial charge in [0.25, 0.3) is 0 Å². The molecule has 0 aromatic rings. The van der Waals surface area contributed by atoms with E-state index >= 15 is 0 Å². The number of rotatable bonds is 0. The fourth-order valence-electron chi connectivity index (χ4n) is 1.21. The number of carbonyl (C=O) groups excluding carboxylic acids is 2. The maximum absolute atomic E-state index is 10.7. The third-order valence-electron chi connectivity index (χ3n) is 1.90. The molecule has 0 aromatic carbocycles. The molecule has 2 atom stereocenters. The lowest BCUT2D eigenvalue weighted by molar-refractivity contribution is -0.141. The van der Waals surface area contributed by atoms with E-state index in [-0.39, 0.29) is 23.7 Å². The molecule has 1 saturated heterocycles. The Balaban J connectivity index is 2.33. The number of nitrogens with two attached hydrogens (primary N) is 1. The second-order valence-corrected chi connectivity index (χ2v) is 2.50. The average molecular weight is 126 g/mol. The van der Waals surface area contributed by atoms with E-state index in [4.69, 9.17) is 5.84 Å². The van der Waals surface area contributed by atoms with Crippen LogP contribution in [-0.2, 0) is 9.59 Å². The van der Waals surface area contributed by atoms with E-state index in [9.17, 15) is 9.59 Å². The Morgan fingerprint density at radius 2 is 1.78 bits per heavy atom. The van der Waals surface area contributed by atoms with Gasteiger partial charge in [-0.2, -0.15) is 0 Å². The van der Waals surface area contributed by atoms with Crippen molar-refractivity contribution in [1.29, 1.82) is 0 Å². The second kappa shape index (κ2) is 1.16. The first kappa shape index (κ1) is 4.93. The van der Waals surface area contributed by atoms with Gasteiger partial charge in [0.15, 0.2) is 0 Å². The molecule has 2 fully saturated rings. The van der Waals surface area contributed by atoms with Gasteiger partial charge in [-0.15, -0.1) is 0 Å². The Labute approximate surface area is 51.6 Å². The molecule has 0 bridgehead atoms. The van der Waals surface area contributed by atoms with E-state index < -0.39 is 0 Å². The molecule has 1 aliphatic carbocycles. The van der Waals surface area contributed by atoms with E-state index in [2.05, 4.69) is 0 Å². The third-order valence-corrected chi connectivity index (χ3v) is 1.90. The van der Waals surface area contributed by atoms with E-state index in [1.165, 1.54) is 0 Å². The topological polar surface area (TPSA) is 63.4 Å². The fourth-order valence-corrected chi connectivity index (χ4v) is 1.21. The van der Waals surface area contributed by atoms with Crippen LogP contribution in [0.4, 0.5) is 0 Å². The number of amides is 2. The summed E-state index contributed by atoms with van der Waals surface area (Å²) < 4.78 is 0. The molecular weight excluding hydrogens is 120 g/mol. The summed E-state index contributed by atoms with van der Waals surface area (Å²) in [6.45, 7) is 0. The minimum absolute atomic E-state index is 0.0532. The predicted octanol–water partition coefficient (Wildman–Crippen LogP) is -1.13. The molecule has 2 amide bonds. The van der Waals surface area contributed by atoms with Crippen LogP contribution in [0.3, 0.4) is 0 Å². The zero-order chi connectivity index (χ0) is 6.59. The van der Waals surface area contributed by atoms with Crippen LogP contribution in [0.2, 0.25) is 0 Å². The van der Waals surface area contributed by atoms with Crippen LogP contribution in [-0.4, -0.2) is 16.8 Å². The van der Waals surface area contributed by atoms with Gasteiger partial charge in [-0.3, -0.25) is 9.59 Å². The standard InChI is InChI=1S/C5H6N2O2/c6-7-4(8)2-1-3(2)5(7)9/h2-3H,1,6H2. The van der Waals surface area contributed by atoms with Gasteiger partial charge >= 0.3 is 0 Å². The number of nitrogens with zero attached hydrogens (tertiary/aromatic N) is 1. The normalized spacial score (nSPS) is 39.4. The van der Waals surface area contributed by atoms with Gasteiger partial charge in [0.1, 0.15) is 0 Å². The van der Waals surface area contributed by atoms with Crippen LogP contribution in [0.25, 0.3) is 0 Å². The molecule has 2 unspecified atom stereocenters. The van der Waals surface area contributed by atoms with E-state index in [0.29, 0.717) is 0 Å². The number of imide groups is 1. The maximum atomic E-state index is 10.7. The Bertz CT molecular complexity index is 181. The number of hydrazine groups is 1. The Hall–Kier alpha value is -0.900. The zero-order valence-electron chi connectivity index (χ0n) is 4.70. The second-order valence-electron chi connectivity index (χ2n) is 2.50. The van der Waals surface area contributed by atoms with Crippen molar-refractivity contribution in [2.75, 3.05) is 0 Å². The monoisotopic (exact) mass is 126 g/mol. The van der Waals surface area contributed by atoms with Crippen molar-refractivity contribution in [2.45, 2.75) is 6.42 Å². The highest BCUT2D eigenvalue weighted by Gasteiger charge is 2.58. The van der Waals surface area contributed by atoms with Crippen LogP contribution in [0.1, 0.15) is 6.42 Å². The van der Waals surface area contributed by atoms with Crippen LogP contribution in [0.5, 0.6) is 0 Å². The highest BCUT2D eigenvalue weighted by atomic mass is 16.2.